The van der Waals surface area contributed by atoms with Gasteiger partial charge in [0.2, 0.25) is 0 Å². The highest BCUT2D eigenvalue weighted by Crippen LogP contribution is 2.29. The van der Waals surface area contributed by atoms with E-state index in [2.05, 4.69) is 34.7 Å². The maximum Gasteiger partial charge on any atom is 0.287 e. The van der Waals surface area contributed by atoms with Gasteiger partial charge in [0, 0.05) is 24.7 Å². The van der Waals surface area contributed by atoms with Crippen LogP contribution in [0.15, 0.2) is 39.8 Å². The van der Waals surface area contributed by atoms with Crippen molar-refractivity contribution in [2.24, 2.45) is 10.4 Å². The zero-order valence-corrected chi connectivity index (χ0v) is 15.8. The molecule has 0 atom stereocenters. The minimum Gasteiger partial charge on any atom is -0.296 e. The van der Waals surface area contributed by atoms with Crippen molar-refractivity contribution < 1.29 is 9.59 Å². The van der Waals surface area contributed by atoms with Crippen molar-refractivity contribution in [2.45, 2.75) is 39.7 Å². The van der Waals surface area contributed by atoms with Crippen LogP contribution in [0, 0.1) is 5.41 Å². The number of aliphatic imine (C=N–C) groups is 1. The van der Waals surface area contributed by atoms with Crippen LogP contribution in [0.4, 0.5) is 0 Å². The molecule has 8 nitrogen and oxygen atoms in total. The SMILES string of the molecule is CC1(C)Cc2nc3cc(C(=O)NNC(=O)C4=CCCC=N4)ccc3c(=O)n2C1. The van der Waals surface area contributed by atoms with Crippen LogP contribution in [-0.4, -0.2) is 27.6 Å². The number of rotatable bonds is 2. The minimum absolute atomic E-state index is 0.0166. The summed E-state index contributed by atoms with van der Waals surface area (Å²) in [5.74, 6) is -0.227. The van der Waals surface area contributed by atoms with Crippen molar-refractivity contribution in [3.63, 3.8) is 0 Å². The molecule has 28 heavy (non-hydrogen) atoms. The van der Waals surface area contributed by atoms with E-state index in [1.807, 2.05) is 0 Å². The Morgan fingerprint density at radius 3 is 2.68 bits per heavy atom. The lowest BCUT2D eigenvalue weighted by atomic mass is 9.92. The van der Waals surface area contributed by atoms with Gasteiger partial charge in [0.05, 0.1) is 10.9 Å². The molecule has 0 radical (unpaired) electrons. The number of nitrogens with zero attached hydrogens (tertiary/aromatic N) is 3. The summed E-state index contributed by atoms with van der Waals surface area (Å²) in [6, 6.07) is 4.73. The number of hydrazine groups is 1. The summed E-state index contributed by atoms with van der Waals surface area (Å²) >= 11 is 0. The van der Waals surface area contributed by atoms with Gasteiger partial charge in [-0.3, -0.25) is 34.8 Å². The van der Waals surface area contributed by atoms with Gasteiger partial charge in [0.1, 0.15) is 11.5 Å². The van der Waals surface area contributed by atoms with Gasteiger partial charge in [-0.05, 0) is 36.5 Å². The molecule has 2 amide bonds. The molecule has 0 aliphatic carbocycles. The van der Waals surface area contributed by atoms with Gasteiger partial charge in [0.15, 0.2) is 0 Å². The third-order valence-electron chi connectivity index (χ3n) is 4.91. The summed E-state index contributed by atoms with van der Waals surface area (Å²) in [7, 11) is 0. The monoisotopic (exact) mass is 379 g/mol. The van der Waals surface area contributed by atoms with Crippen molar-refractivity contribution in [3.8, 4) is 0 Å². The predicted octanol–water partition coefficient (Wildman–Crippen LogP) is 1.49. The standard InChI is InChI=1S/C20H21N5O3/c1-20(2)10-16-22-15-9-12(6-7-13(15)19(28)25(16)11-20)17(26)23-24-18(27)14-5-3-4-8-21-14/h5-9H,3-4,10-11H2,1-2H3,(H,23,26)(H,24,27). The van der Waals surface area contributed by atoms with Crippen LogP contribution in [-0.2, 0) is 17.8 Å². The maximum absolute atomic E-state index is 12.7. The van der Waals surface area contributed by atoms with Crippen molar-refractivity contribution >= 4 is 28.9 Å². The van der Waals surface area contributed by atoms with Gasteiger partial charge in [-0.15, -0.1) is 0 Å². The van der Waals surface area contributed by atoms with Crippen LogP contribution < -0.4 is 16.4 Å². The lowest BCUT2D eigenvalue weighted by Crippen LogP contribution is -2.42. The van der Waals surface area contributed by atoms with Crippen LogP contribution >= 0.6 is 0 Å². The van der Waals surface area contributed by atoms with Crippen molar-refractivity contribution in [3.05, 3.63) is 51.7 Å². The largest absolute Gasteiger partial charge is 0.296 e. The molecular weight excluding hydrogens is 358 g/mol. The molecule has 0 bridgehead atoms. The fourth-order valence-corrected chi connectivity index (χ4v) is 3.53. The number of hydrogen-bond donors (Lipinski definition) is 2. The molecule has 4 rings (SSSR count). The first-order valence-corrected chi connectivity index (χ1v) is 9.21. The van der Waals surface area contributed by atoms with Gasteiger partial charge in [-0.25, -0.2) is 4.98 Å². The second kappa shape index (κ2) is 6.70. The van der Waals surface area contributed by atoms with E-state index < -0.39 is 11.8 Å². The van der Waals surface area contributed by atoms with Crippen LogP contribution in [0.1, 0.15) is 42.9 Å². The highest BCUT2D eigenvalue weighted by molar-refractivity contribution is 6.00. The van der Waals surface area contributed by atoms with E-state index in [1.165, 1.54) is 0 Å². The number of carbonyl (C=O) groups excluding carboxylic acids is 2. The average molecular weight is 379 g/mol. The highest BCUT2D eigenvalue weighted by atomic mass is 16.2. The first-order valence-electron chi connectivity index (χ1n) is 9.21. The van der Waals surface area contributed by atoms with E-state index in [4.69, 9.17) is 0 Å². The number of amides is 2. The Hall–Kier alpha value is -3.29. The number of allylic oxidation sites excluding steroid dienone is 1. The van der Waals surface area contributed by atoms with E-state index in [0.29, 0.717) is 29.4 Å². The Balaban J connectivity index is 1.55. The highest BCUT2D eigenvalue weighted by Gasteiger charge is 2.31. The molecule has 144 valence electrons. The topological polar surface area (TPSA) is 105 Å². The van der Waals surface area contributed by atoms with Crippen molar-refractivity contribution in [1.29, 1.82) is 0 Å². The molecule has 1 aromatic heterocycles. The maximum atomic E-state index is 12.7. The van der Waals surface area contributed by atoms with Crippen LogP contribution in [0.5, 0.6) is 0 Å². The van der Waals surface area contributed by atoms with Crippen molar-refractivity contribution in [1.82, 2.24) is 20.4 Å². The molecule has 0 saturated carbocycles. The molecule has 1 aromatic carbocycles. The third-order valence-corrected chi connectivity index (χ3v) is 4.91. The Morgan fingerprint density at radius 1 is 1.14 bits per heavy atom. The number of carbonyl (C=O) groups is 2. The number of benzene rings is 1. The smallest absolute Gasteiger partial charge is 0.287 e. The fourth-order valence-electron chi connectivity index (χ4n) is 3.53. The third kappa shape index (κ3) is 3.33. The molecule has 0 unspecified atom stereocenters. The Kier molecular flexibility index (Phi) is 4.33. The average Bonchev–Trinajstić information content (AvgIpc) is 3.00. The van der Waals surface area contributed by atoms with Gasteiger partial charge >= 0.3 is 0 Å². The predicted molar refractivity (Wildman–Crippen MR) is 105 cm³/mol. The van der Waals surface area contributed by atoms with E-state index >= 15 is 0 Å². The molecule has 2 aliphatic heterocycles. The molecule has 2 aromatic rings. The van der Waals surface area contributed by atoms with Gasteiger partial charge in [0.25, 0.3) is 17.4 Å². The van der Waals surface area contributed by atoms with Gasteiger partial charge in [-0.2, -0.15) is 0 Å². The summed E-state index contributed by atoms with van der Waals surface area (Å²) in [6.45, 7) is 4.83. The second-order valence-electron chi connectivity index (χ2n) is 7.88. The first kappa shape index (κ1) is 18.1. The van der Waals surface area contributed by atoms with E-state index in [-0.39, 0.29) is 16.7 Å². The molecule has 0 saturated heterocycles. The van der Waals surface area contributed by atoms with Crippen LogP contribution in [0.2, 0.25) is 0 Å². The molecule has 2 N–H and O–H groups in total. The Bertz CT molecular complexity index is 1110. The first-order chi connectivity index (χ1) is 13.3. The molecular formula is C20H21N5O3. The van der Waals surface area contributed by atoms with E-state index in [0.717, 1.165) is 18.7 Å². The minimum atomic E-state index is -0.488. The molecule has 0 fully saturated rings. The number of aromatic nitrogens is 2. The van der Waals surface area contributed by atoms with E-state index in [1.54, 1.807) is 35.1 Å². The van der Waals surface area contributed by atoms with E-state index in [9.17, 15) is 14.4 Å². The van der Waals surface area contributed by atoms with Gasteiger partial charge < -0.3 is 0 Å². The van der Waals surface area contributed by atoms with Crippen LogP contribution in [0.3, 0.4) is 0 Å². The summed E-state index contributed by atoms with van der Waals surface area (Å²) in [6.07, 6.45) is 5.64. The number of hydrogen-bond acceptors (Lipinski definition) is 5. The number of fused-ring (bicyclic) bond motifs is 2. The Labute approximate surface area is 161 Å². The summed E-state index contributed by atoms with van der Waals surface area (Å²) in [5.41, 5.74) is 5.69. The van der Waals surface area contributed by atoms with Gasteiger partial charge in [-0.1, -0.05) is 19.9 Å². The quantitative estimate of drug-likeness (QED) is 0.771. The molecule has 3 heterocycles. The zero-order chi connectivity index (χ0) is 19.9. The molecule has 8 heteroatoms. The second-order valence-corrected chi connectivity index (χ2v) is 7.88. The molecule has 0 spiro atoms. The Morgan fingerprint density at radius 2 is 1.93 bits per heavy atom. The summed E-state index contributed by atoms with van der Waals surface area (Å²) < 4.78 is 1.71. The van der Waals surface area contributed by atoms with Crippen molar-refractivity contribution in [2.75, 3.05) is 0 Å². The molecule has 2 aliphatic rings. The van der Waals surface area contributed by atoms with Crippen LogP contribution in [0.25, 0.3) is 10.9 Å². The normalized spacial score (nSPS) is 17.1. The lowest BCUT2D eigenvalue weighted by Gasteiger charge is -2.13. The zero-order valence-electron chi connectivity index (χ0n) is 15.8. The lowest BCUT2D eigenvalue weighted by molar-refractivity contribution is -0.118. The summed E-state index contributed by atoms with van der Waals surface area (Å²) in [4.78, 5) is 45.7. The number of nitrogens with one attached hydrogen (secondary N) is 2. The fraction of sp³-hybridized carbons (Fsp3) is 0.350. The summed E-state index contributed by atoms with van der Waals surface area (Å²) in [5, 5.41) is 0.476.